The molecule has 1 aliphatic heterocycles. The van der Waals surface area contributed by atoms with Crippen molar-refractivity contribution in [3.63, 3.8) is 0 Å². The highest BCUT2D eigenvalue weighted by Gasteiger charge is 2.22. The van der Waals surface area contributed by atoms with Gasteiger partial charge in [0, 0.05) is 32.7 Å². The Morgan fingerprint density at radius 1 is 1.22 bits per heavy atom. The minimum absolute atomic E-state index is 0.127. The standard InChI is InChI=1S/C18H20N4O2S3/c1-13-2-9-26-16(13)17-19-20-18(24-17)27-12-15(23)22-6-4-21(5-7-22)10-14-3-8-25-11-14/h2-3,8-9,11H,4-7,10,12H2,1H3. The first kappa shape index (κ1) is 18.7. The van der Waals surface area contributed by atoms with Crippen LogP contribution in [-0.2, 0) is 11.3 Å². The van der Waals surface area contributed by atoms with Gasteiger partial charge in [-0.1, -0.05) is 11.8 Å². The van der Waals surface area contributed by atoms with Crippen molar-refractivity contribution >= 4 is 40.3 Å². The van der Waals surface area contributed by atoms with E-state index in [-0.39, 0.29) is 5.91 Å². The molecule has 4 heterocycles. The lowest BCUT2D eigenvalue weighted by Gasteiger charge is -2.34. The first-order chi connectivity index (χ1) is 13.2. The topological polar surface area (TPSA) is 62.5 Å². The highest BCUT2D eigenvalue weighted by atomic mass is 32.2. The number of hydrogen-bond donors (Lipinski definition) is 0. The van der Waals surface area contributed by atoms with Gasteiger partial charge in [-0.15, -0.1) is 21.5 Å². The molecule has 1 amide bonds. The maximum Gasteiger partial charge on any atom is 0.277 e. The molecule has 27 heavy (non-hydrogen) atoms. The van der Waals surface area contributed by atoms with E-state index in [0.29, 0.717) is 16.9 Å². The van der Waals surface area contributed by atoms with E-state index >= 15 is 0 Å². The van der Waals surface area contributed by atoms with Crippen LogP contribution in [0.15, 0.2) is 37.9 Å². The van der Waals surface area contributed by atoms with Crippen LogP contribution < -0.4 is 0 Å². The molecule has 0 atom stereocenters. The number of nitrogens with zero attached hydrogens (tertiary/aromatic N) is 4. The SMILES string of the molecule is Cc1ccsc1-c1nnc(SCC(=O)N2CCN(Cc3ccsc3)CC2)o1. The molecule has 0 spiro atoms. The van der Waals surface area contributed by atoms with Gasteiger partial charge in [-0.05, 0) is 46.3 Å². The van der Waals surface area contributed by atoms with E-state index in [9.17, 15) is 4.79 Å². The maximum absolute atomic E-state index is 12.5. The van der Waals surface area contributed by atoms with Crippen LogP contribution in [0.1, 0.15) is 11.1 Å². The first-order valence-corrected chi connectivity index (χ1v) is 11.5. The zero-order chi connectivity index (χ0) is 18.6. The molecule has 4 rings (SSSR count). The summed E-state index contributed by atoms with van der Waals surface area (Å²) in [5.74, 6) is 0.983. The fourth-order valence-electron chi connectivity index (χ4n) is 2.96. The maximum atomic E-state index is 12.5. The summed E-state index contributed by atoms with van der Waals surface area (Å²) in [6.45, 7) is 6.35. The van der Waals surface area contributed by atoms with Crippen LogP contribution in [0.4, 0.5) is 0 Å². The first-order valence-electron chi connectivity index (χ1n) is 8.71. The van der Waals surface area contributed by atoms with Crippen molar-refractivity contribution in [3.8, 4) is 10.8 Å². The number of thioether (sulfide) groups is 1. The van der Waals surface area contributed by atoms with Gasteiger partial charge in [-0.3, -0.25) is 9.69 Å². The summed E-state index contributed by atoms with van der Waals surface area (Å²) in [4.78, 5) is 17.8. The van der Waals surface area contributed by atoms with E-state index in [0.717, 1.165) is 43.2 Å². The lowest BCUT2D eigenvalue weighted by molar-refractivity contribution is -0.130. The number of piperazine rings is 1. The molecule has 3 aromatic rings. The van der Waals surface area contributed by atoms with Gasteiger partial charge in [0.2, 0.25) is 5.91 Å². The Kier molecular flexibility index (Phi) is 5.92. The van der Waals surface area contributed by atoms with Crippen molar-refractivity contribution in [3.05, 3.63) is 39.4 Å². The monoisotopic (exact) mass is 420 g/mol. The summed E-state index contributed by atoms with van der Waals surface area (Å²) >= 11 is 4.62. The van der Waals surface area contributed by atoms with Crippen LogP contribution in [0, 0.1) is 6.92 Å². The van der Waals surface area contributed by atoms with Gasteiger partial charge in [0.25, 0.3) is 11.1 Å². The van der Waals surface area contributed by atoms with Crippen molar-refractivity contribution < 1.29 is 9.21 Å². The van der Waals surface area contributed by atoms with Gasteiger partial charge in [0.05, 0.1) is 10.6 Å². The van der Waals surface area contributed by atoms with Crippen molar-refractivity contribution in [2.75, 3.05) is 31.9 Å². The molecule has 0 aliphatic carbocycles. The smallest absolute Gasteiger partial charge is 0.277 e. The number of amides is 1. The number of carbonyl (C=O) groups is 1. The Labute approximate surface area is 170 Å². The van der Waals surface area contributed by atoms with E-state index in [1.54, 1.807) is 22.7 Å². The molecule has 1 fully saturated rings. The van der Waals surface area contributed by atoms with E-state index in [1.165, 1.54) is 17.3 Å². The van der Waals surface area contributed by atoms with Crippen molar-refractivity contribution in [1.29, 1.82) is 0 Å². The summed E-state index contributed by atoms with van der Waals surface area (Å²) in [6.07, 6.45) is 0. The number of aryl methyl sites for hydroxylation is 1. The van der Waals surface area contributed by atoms with Gasteiger partial charge < -0.3 is 9.32 Å². The highest BCUT2D eigenvalue weighted by Crippen LogP contribution is 2.30. The summed E-state index contributed by atoms with van der Waals surface area (Å²) in [5, 5.41) is 14.9. The van der Waals surface area contributed by atoms with Gasteiger partial charge in [-0.25, -0.2) is 0 Å². The minimum atomic E-state index is 0.127. The minimum Gasteiger partial charge on any atom is -0.410 e. The van der Waals surface area contributed by atoms with Gasteiger partial charge in [0.1, 0.15) is 0 Å². The molecule has 0 unspecified atom stereocenters. The van der Waals surface area contributed by atoms with E-state index in [1.807, 2.05) is 23.3 Å². The number of carbonyl (C=O) groups excluding carboxylic acids is 1. The molecular weight excluding hydrogens is 400 g/mol. The number of aromatic nitrogens is 2. The van der Waals surface area contributed by atoms with Gasteiger partial charge in [-0.2, -0.15) is 11.3 Å². The molecule has 0 N–H and O–H groups in total. The molecule has 0 bridgehead atoms. The molecule has 0 radical (unpaired) electrons. The molecule has 0 saturated carbocycles. The third-order valence-corrected chi connectivity index (χ3v) is 7.03. The van der Waals surface area contributed by atoms with E-state index in [2.05, 4.69) is 31.9 Å². The molecule has 1 saturated heterocycles. The van der Waals surface area contributed by atoms with Crippen molar-refractivity contribution in [1.82, 2.24) is 20.0 Å². The third-order valence-electron chi connectivity index (χ3n) is 4.49. The summed E-state index contributed by atoms with van der Waals surface area (Å²) < 4.78 is 5.70. The average molecular weight is 421 g/mol. The van der Waals surface area contributed by atoms with Crippen molar-refractivity contribution in [2.45, 2.75) is 18.7 Å². The highest BCUT2D eigenvalue weighted by molar-refractivity contribution is 7.99. The predicted molar refractivity (Wildman–Crippen MR) is 109 cm³/mol. The van der Waals surface area contributed by atoms with E-state index in [4.69, 9.17) is 4.42 Å². The fourth-order valence-corrected chi connectivity index (χ4v) is 5.13. The number of rotatable bonds is 6. The second-order valence-corrected chi connectivity index (χ2v) is 9.01. The normalized spacial score (nSPS) is 15.4. The Morgan fingerprint density at radius 2 is 2.07 bits per heavy atom. The predicted octanol–water partition coefficient (Wildman–Crippen LogP) is 3.60. The Bertz CT molecular complexity index is 882. The van der Waals surface area contributed by atoms with Crippen LogP contribution in [0.5, 0.6) is 0 Å². The van der Waals surface area contributed by atoms with Crippen LogP contribution >= 0.6 is 34.4 Å². The molecule has 9 heteroatoms. The third kappa shape index (κ3) is 4.60. The second-order valence-electron chi connectivity index (χ2n) is 6.38. The summed E-state index contributed by atoms with van der Waals surface area (Å²) in [5.41, 5.74) is 2.47. The van der Waals surface area contributed by atoms with Crippen LogP contribution in [0.25, 0.3) is 10.8 Å². The quantitative estimate of drug-likeness (QED) is 0.568. The van der Waals surface area contributed by atoms with Crippen LogP contribution in [0.3, 0.4) is 0 Å². The molecule has 6 nitrogen and oxygen atoms in total. The van der Waals surface area contributed by atoms with Gasteiger partial charge >= 0.3 is 0 Å². The Balaban J connectivity index is 1.24. The Hall–Kier alpha value is -1.68. The lowest BCUT2D eigenvalue weighted by Crippen LogP contribution is -2.48. The average Bonchev–Trinajstić information content (AvgIpc) is 3.42. The molecule has 142 valence electrons. The summed E-state index contributed by atoms with van der Waals surface area (Å²) in [7, 11) is 0. The van der Waals surface area contributed by atoms with Gasteiger partial charge in [0.15, 0.2) is 0 Å². The van der Waals surface area contributed by atoms with Crippen molar-refractivity contribution in [2.24, 2.45) is 0 Å². The zero-order valence-electron chi connectivity index (χ0n) is 15.0. The number of thiophene rings is 2. The van der Waals surface area contributed by atoms with Crippen LogP contribution in [-0.4, -0.2) is 57.8 Å². The molecule has 0 aromatic carbocycles. The molecular formula is C18H20N4O2S3. The molecule has 3 aromatic heterocycles. The zero-order valence-corrected chi connectivity index (χ0v) is 17.4. The van der Waals surface area contributed by atoms with E-state index < -0.39 is 0 Å². The largest absolute Gasteiger partial charge is 0.410 e. The van der Waals surface area contributed by atoms with Crippen LogP contribution in [0.2, 0.25) is 0 Å². The fraction of sp³-hybridized carbons (Fsp3) is 0.389. The molecule has 1 aliphatic rings. The summed E-state index contributed by atoms with van der Waals surface area (Å²) in [6, 6.07) is 4.19. The second kappa shape index (κ2) is 8.55. The Morgan fingerprint density at radius 3 is 2.78 bits per heavy atom. The number of hydrogen-bond acceptors (Lipinski definition) is 8. The lowest BCUT2D eigenvalue weighted by atomic mass is 10.2.